The third-order valence-electron chi connectivity index (χ3n) is 4.64. The SMILES string of the molecule is CC(Cc1ccc(Nc2ncc(C(N)=O)c(NCc3cccc(F)c3)n2)cc1)S(=O)(=O)O. The highest BCUT2D eigenvalue weighted by atomic mass is 32.2. The summed E-state index contributed by atoms with van der Waals surface area (Å²) in [7, 11) is -4.10. The molecule has 0 saturated carbocycles. The minimum Gasteiger partial charge on any atom is -0.365 e. The number of halogens is 1. The number of rotatable bonds is 9. The second-order valence-corrected chi connectivity index (χ2v) is 8.99. The molecule has 1 amide bonds. The molecule has 3 aromatic rings. The molecule has 168 valence electrons. The number of nitrogens with zero attached hydrogens (tertiary/aromatic N) is 2. The Hall–Kier alpha value is -3.57. The number of aromatic nitrogens is 2. The number of benzene rings is 2. The van der Waals surface area contributed by atoms with Crippen molar-refractivity contribution in [2.45, 2.75) is 25.1 Å². The van der Waals surface area contributed by atoms with Crippen LogP contribution in [0.2, 0.25) is 0 Å². The Kier molecular flexibility index (Phi) is 7.01. The van der Waals surface area contributed by atoms with E-state index in [0.717, 1.165) is 5.56 Å². The maximum Gasteiger partial charge on any atom is 0.267 e. The van der Waals surface area contributed by atoms with Crippen LogP contribution >= 0.6 is 0 Å². The van der Waals surface area contributed by atoms with E-state index in [-0.39, 0.29) is 36.1 Å². The lowest BCUT2D eigenvalue weighted by Gasteiger charge is -2.12. The quantitative estimate of drug-likeness (QED) is 0.357. The Morgan fingerprint density at radius 2 is 1.91 bits per heavy atom. The highest BCUT2D eigenvalue weighted by Crippen LogP contribution is 2.20. The van der Waals surface area contributed by atoms with Crippen molar-refractivity contribution < 1.29 is 22.2 Å². The van der Waals surface area contributed by atoms with Crippen molar-refractivity contribution in [3.63, 3.8) is 0 Å². The van der Waals surface area contributed by atoms with Gasteiger partial charge in [0.05, 0.1) is 10.8 Å². The summed E-state index contributed by atoms with van der Waals surface area (Å²) >= 11 is 0. The molecule has 0 bridgehead atoms. The molecule has 2 aromatic carbocycles. The fourth-order valence-corrected chi connectivity index (χ4v) is 3.28. The van der Waals surface area contributed by atoms with Gasteiger partial charge >= 0.3 is 0 Å². The van der Waals surface area contributed by atoms with Gasteiger partial charge in [-0.15, -0.1) is 0 Å². The van der Waals surface area contributed by atoms with E-state index in [4.69, 9.17) is 10.3 Å². The maximum absolute atomic E-state index is 13.4. The molecular formula is C21H22FN5O4S. The molecule has 1 heterocycles. The van der Waals surface area contributed by atoms with Crippen molar-refractivity contribution in [2.24, 2.45) is 5.73 Å². The predicted molar refractivity (Wildman–Crippen MR) is 119 cm³/mol. The van der Waals surface area contributed by atoms with Gasteiger partial charge in [0.2, 0.25) is 5.95 Å². The molecule has 1 atom stereocenters. The maximum atomic E-state index is 13.4. The van der Waals surface area contributed by atoms with Crippen molar-refractivity contribution in [2.75, 3.05) is 10.6 Å². The first kappa shape index (κ1) is 23.1. The van der Waals surface area contributed by atoms with Crippen molar-refractivity contribution in [1.29, 1.82) is 0 Å². The van der Waals surface area contributed by atoms with Crippen LogP contribution in [0.3, 0.4) is 0 Å². The van der Waals surface area contributed by atoms with Gasteiger partial charge in [-0.25, -0.2) is 9.37 Å². The number of amides is 1. The molecular weight excluding hydrogens is 437 g/mol. The molecule has 0 spiro atoms. The number of carbonyl (C=O) groups is 1. The Bertz CT molecular complexity index is 1220. The van der Waals surface area contributed by atoms with Gasteiger partial charge in [-0.05, 0) is 48.7 Å². The molecule has 32 heavy (non-hydrogen) atoms. The second-order valence-electron chi connectivity index (χ2n) is 7.16. The van der Waals surface area contributed by atoms with Gasteiger partial charge in [0, 0.05) is 18.4 Å². The Balaban J connectivity index is 1.74. The number of hydrogen-bond donors (Lipinski definition) is 4. The van der Waals surface area contributed by atoms with Gasteiger partial charge in [0.15, 0.2) is 0 Å². The zero-order chi connectivity index (χ0) is 23.3. The molecule has 11 heteroatoms. The first-order valence-corrected chi connectivity index (χ1v) is 11.1. The summed E-state index contributed by atoms with van der Waals surface area (Å²) in [6, 6.07) is 12.8. The Morgan fingerprint density at radius 3 is 2.53 bits per heavy atom. The molecule has 9 nitrogen and oxygen atoms in total. The van der Waals surface area contributed by atoms with Gasteiger partial charge in [0.25, 0.3) is 16.0 Å². The normalized spacial score (nSPS) is 12.2. The average Bonchev–Trinajstić information content (AvgIpc) is 2.73. The van der Waals surface area contributed by atoms with Crippen molar-refractivity contribution in [3.8, 4) is 0 Å². The summed E-state index contributed by atoms with van der Waals surface area (Å²) in [5.41, 5.74) is 7.48. The van der Waals surface area contributed by atoms with Gasteiger partial charge < -0.3 is 16.4 Å². The summed E-state index contributed by atoms with van der Waals surface area (Å²) < 4.78 is 44.8. The Labute approximate surface area is 184 Å². The van der Waals surface area contributed by atoms with E-state index in [1.165, 1.54) is 25.3 Å². The summed E-state index contributed by atoms with van der Waals surface area (Å²) in [4.78, 5) is 20.1. The summed E-state index contributed by atoms with van der Waals surface area (Å²) in [6.07, 6.45) is 1.45. The zero-order valence-corrected chi connectivity index (χ0v) is 17.9. The average molecular weight is 460 g/mol. The second kappa shape index (κ2) is 9.71. The highest BCUT2D eigenvalue weighted by molar-refractivity contribution is 7.86. The van der Waals surface area contributed by atoms with Crippen LogP contribution in [0.4, 0.5) is 21.8 Å². The number of carbonyl (C=O) groups excluding carboxylic acids is 1. The van der Waals surface area contributed by atoms with Crippen molar-refractivity contribution >= 4 is 33.5 Å². The largest absolute Gasteiger partial charge is 0.365 e. The van der Waals surface area contributed by atoms with Crippen LogP contribution in [0.25, 0.3) is 0 Å². The van der Waals surface area contributed by atoms with E-state index in [1.54, 1.807) is 36.4 Å². The fraction of sp³-hybridized carbons (Fsp3) is 0.190. The third-order valence-corrected chi connectivity index (χ3v) is 5.83. The van der Waals surface area contributed by atoms with Crippen LogP contribution in [0.5, 0.6) is 0 Å². The first-order valence-electron chi connectivity index (χ1n) is 9.59. The number of primary amides is 1. The molecule has 0 radical (unpaired) electrons. The van der Waals surface area contributed by atoms with E-state index in [1.807, 2.05) is 0 Å². The lowest BCUT2D eigenvalue weighted by molar-refractivity contribution is 0.100. The summed E-state index contributed by atoms with van der Waals surface area (Å²) in [5, 5.41) is 5.04. The molecule has 1 aromatic heterocycles. The van der Waals surface area contributed by atoms with Gasteiger partial charge in [-0.3, -0.25) is 9.35 Å². The van der Waals surface area contributed by atoms with E-state index >= 15 is 0 Å². The Morgan fingerprint density at radius 1 is 1.19 bits per heavy atom. The third kappa shape index (κ3) is 6.22. The summed E-state index contributed by atoms with van der Waals surface area (Å²) in [6.45, 7) is 1.64. The first-order chi connectivity index (χ1) is 15.1. The lowest BCUT2D eigenvalue weighted by Crippen LogP contribution is -2.19. The molecule has 5 N–H and O–H groups in total. The molecule has 0 aliphatic carbocycles. The minimum absolute atomic E-state index is 0.0847. The summed E-state index contributed by atoms with van der Waals surface area (Å²) in [5.74, 6) is -0.705. The van der Waals surface area contributed by atoms with Crippen LogP contribution in [-0.2, 0) is 23.1 Å². The number of nitrogens with one attached hydrogen (secondary N) is 2. The standard InChI is InChI=1S/C21H22FN5O4S/c1-13(32(29,30)31)9-14-5-7-17(8-6-14)26-21-25-12-18(19(23)28)20(27-21)24-11-15-3-2-4-16(22)10-15/h2-8,10,12-13H,9,11H2,1H3,(H2,23,28)(H,29,30,31)(H2,24,25,26,27). The van der Waals surface area contributed by atoms with Crippen LogP contribution in [-0.4, -0.2) is 34.1 Å². The molecule has 0 saturated heterocycles. The van der Waals surface area contributed by atoms with Gasteiger partial charge in [-0.1, -0.05) is 24.3 Å². The monoisotopic (exact) mass is 459 g/mol. The van der Waals surface area contributed by atoms with E-state index < -0.39 is 21.3 Å². The fourth-order valence-electron chi connectivity index (χ4n) is 2.88. The van der Waals surface area contributed by atoms with Gasteiger partial charge in [0.1, 0.15) is 11.6 Å². The molecule has 0 aliphatic heterocycles. The van der Waals surface area contributed by atoms with E-state index in [0.29, 0.717) is 11.3 Å². The van der Waals surface area contributed by atoms with Crippen LogP contribution in [0, 0.1) is 5.82 Å². The molecule has 0 fully saturated rings. The predicted octanol–water partition coefficient (Wildman–Crippen LogP) is 2.89. The topological polar surface area (TPSA) is 147 Å². The van der Waals surface area contributed by atoms with E-state index in [2.05, 4.69) is 20.6 Å². The minimum atomic E-state index is -4.10. The molecule has 1 unspecified atom stereocenters. The molecule has 3 rings (SSSR count). The van der Waals surface area contributed by atoms with Crippen LogP contribution in [0.15, 0.2) is 54.7 Å². The van der Waals surface area contributed by atoms with Crippen LogP contribution < -0.4 is 16.4 Å². The smallest absolute Gasteiger partial charge is 0.267 e. The van der Waals surface area contributed by atoms with Crippen molar-refractivity contribution in [3.05, 3.63) is 77.2 Å². The van der Waals surface area contributed by atoms with E-state index in [9.17, 15) is 17.6 Å². The number of nitrogens with two attached hydrogens (primary N) is 1. The number of anilines is 3. The van der Waals surface area contributed by atoms with Crippen LogP contribution in [0.1, 0.15) is 28.4 Å². The van der Waals surface area contributed by atoms with Gasteiger partial charge in [-0.2, -0.15) is 13.4 Å². The number of hydrogen-bond acceptors (Lipinski definition) is 7. The highest BCUT2D eigenvalue weighted by Gasteiger charge is 2.17. The lowest BCUT2D eigenvalue weighted by atomic mass is 10.1. The van der Waals surface area contributed by atoms with Crippen molar-refractivity contribution in [1.82, 2.24) is 9.97 Å². The molecule has 0 aliphatic rings. The zero-order valence-electron chi connectivity index (χ0n) is 17.1.